The summed E-state index contributed by atoms with van der Waals surface area (Å²) in [5.74, 6) is 0. The zero-order valence-electron chi connectivity index (χ0n) is 8.79. The fourth-order valence-electron chi connectivity index (χ4n) is 1.61. The Morgan fingerprint density at radius 3 is 2.73 bits per heavy atom. The lowest BCUT2D eigenvalue weighted by Gasteiger charge is -2.08. The maximum absolute atomic E-state index is 6.16. The van der Waals surface area contributed by atoms with E-state index in [-0.39, 0.29) is 6.04 Å². The van der Waals surface area contributed by atoms with Crippen molar-refractivity contribution in [3.8, 4) is 0 Å². The van der Waals surface area contributed by atoms with E-state index in [1.807, 2.05) is 38.1 Å². The SMILES string of the molecule is Cc1cc(Cl)c2cc(C(C)N)ccc2n1. The molecule has 78 valence electrons. The van der Waals surface area contributed by atoms with Crippen LogP contribution >= 0.6 is 11.6 Å². The van der Waals surface area contributed by atoms with E-state index in [9.17, 15) is 0 Å². The third-order valence-electron chi connectivity index (χ3n) is 2.44. The Morgan fingerprint density at radius 1 is 1.33 bits per heavy atom. The van der Waals surface area contributed by atoms with E-state index >= 15 is 0 Å². The lowest BCUT2D eigenvalue weighted by molar-refractivity contribution is 0.820. The first-order valence-electron chi connectivity index (χ1n) is 4.90. The van der Waals surface area contributed by atoms with Crippen molar-refractivity contribution in [3.05, 3.63) is 40.5 Å². The van der Waals surface area contributed by atoms with Gasteiger partial charge in [-0.3, -0.25) is 4.98 Å². The Morgan fingerprint density at radius 2 is 2.07 bits per heavy atom. The van der Waals surface area contributed by atoms with Gasteiger partial charge in [0, 0.05) is 17.1 Å². The minimum Gasteiger partial charge on any atom is -0.324 e. The number of hydrogen-bond donors (Lipinski definition) is 1. The van der Waals surface area contributed by atoms with Gasteiger partial charge in [0.1, 0.15) is 0 Å². The van der Waals surface area contributed by atoms with Gasteiger partial charge in [0.05, 0.1) is 10.5 Å². The van der Waals surface area contributed by atoms with E-state index in [0.29, 0.717) is 0 Å². The number of nitrogens with two attached hydrogens (primary N) is 1. The molecule has 0 aliphatic heterocycles. The van der Waals surface area contributed by atoms with Crippen molar-refractivity contribution in [3.63, 3.8) is 0 Å². The Balaban J connectivity index is 2.71. The second kappa shape index (κ2) is 3.80. The van der Waals surface area contributed by atoms with Crippen LogP contribution in [0.3, 0.4) is 0 Å². The Bertz CT molecular complexity index is 506. The van der Waals surface area contributed by atoms with Gasteiger partial charge < -0.3 is 5.73 Å². The standard InChI is InChI=1S/C12H13ClN2/c1-7-5-11(13)10-6-9(8(2)14)3-4-12(10)15-7/h3-6,8H,14H2,1-2H3. The minimum atomic E-state index is 0.0202. The van der Waals surface area contributed by atoms with Gasteiger partial charge in [-0.25, -0.2) is 0 Å². The number of pyridine rings is 1. The van der Waals surface area contributed by atoms with E-state index in [1.54, 1.807) is 0 Å². The van der Waals surface area contributed by atoms with Gasteiger partial charge in [0.2, 0.25) is 0 Å². The molecule has 0 saturated carbocycles. The minimum absolute atomic E-state index is 0.0202. The molecular weight excluding hydrogens is 208 g/mol. The van der Waals surface area contributed by atoms with Crippen LogP contribution in [-0.2, 0) is 0 Å². The lowest BCUT2D eigenvalue weighted by Crippen LogP contribution is -2.04. The topological polar surface area (TPSA) is 38.9 Å². The summed E-state index contributed by atoms with van der Waals surface area (Å²) in [5, 5.41) is 1.71. The fraction of sp³-hybridized carbons (Fsp3) is 0.250. The number of aryl methyl sites for hydroxylation is 1. The molecule has 1 aromatic carbocycles. The lowest BCUT2D eigenvalue weighted by atomic mass is 10.1. The zero-order valence-corrected chi connectivity index (χ0v) is 9.55. The van der Waals surface area contributed by atoms with Crippen molar-refractivity contribution in [2.24, 2.45) is 5.73 Å². The highest BCUT2D eigenvalue weighted by molar-refractivity contribution is 6.35. The Hall–Kier alpha value is -1.12. The van der Waals surface area contributed by atoms with Crippen molar-refractivity contribution in [2.75, 3.05) is 0 Å². The van der Waals surface area contributed by atoms with Crippen molar-refractivity contribution in [1.29, 1.82) is 0 Å². The van der Waals surface area contributed by atoms with Crippen molar-refractivity contribution in [2.45, 2.75) is 19.9 Å². The molecule has 1 unspecified atom stereocenters. The predicted molar refractivity (Wildman–Crippen MR) is 64.1 cm³/mol. The van der Waals surface area contributed by atoms with E-state index < -0.39 is 0 Å². The van der Waals surface area contributed by atoms with E-state index in [0.717, 1.165) is 27.2 Å². The van der Waals surface area contributed by atoms with Crippen LogP contribution in [0.4, 0.5) is 0 Å². The van der Waals surface area contributed by atoms with Crippen LogP contribution in [0.15, 0.2) is 24.3 Å². The highest BCUT2D eigenvalue weighted by atomic mass is 35.5. The summed E-state index contributed by atoms with van der Waals surface area (Å²) in [5.41, 5.74) is 8.75. The molecule has 0 fully saturated rings. The Kier molecular flexibility index (Phi) is 2.63. The first-order chi connectivity index (χ1) is 7.08. The predicted octanol–water partition coefficient (Wildman–Crippen LogP) is 3.22. The van der Waals surface area contributed by atoms with Crippen LogP contribution in [0.5, 0.6) is 0 Å². The number of rotatable bonds is 1. The third kappa shape index (κ3) is 1.96. The van der Waals surface area contributed by atoms with Crippen LogP contribution in [0.1, 0.15) is 24.2 Å². The van der Waals surface area contributed by atoms with Crippen molar-refractivity contribution < 1.29 is 0 Å². The molecule has 0 radical (unpaired) electrons. The third-order valence-corrected chi connectivity index (χ3v) is 2.75. The Labute approximate surface area is 94.1 Å². The molecule has 1 aromatic heterocycles. The number of fused-ring (bicyclic) bond motifs is 1. The summed E-state index contributed by atoms with van der Waals surface area (Å²) < 4.78 is 0. The van der Waals surface area contributed by atoms with Gasteiger partial charge in [-0.1, -0.05) is 17.7 Å². The second-order valence-corrected chi connectivity index (χ2v) is 4.22. The van der Waals surface area contributed by atoms with Crippen molar-refractivity contribution >= 4 is 22.5 Å². The quantitative estimate of drug-likeness (QED) is 0.802. The molecule has 0 saturated heterocycles. The summed E-state index contributed by atoms with van der Waals surface area (Å²) >= 11 is 6.16. The number of hydrogen-bond acceptors (Lipinski definition) is 2. The molecular formula is C12H13ClN2. The van der Waals surface area contributed by atoms with Gasteiger partial charge in [0.25, 0.3) is 0 Å². The monoisotopic (exact) mass is 220 g/mol. The van der Waals surface area contributed by atoms with Crippen LogP contribution in [0.25, 0.3) is 10.9 Å². The first-order valence-corrected chi connectivity index (χ1v) is 5.28. The first kappa shape index (κ1) is 10.4. The molecule has 0 bridgehead atoms. The highest BCUT2D eigenvalue weighted by Crippen LogP contribution is 2.25. The summed E-state index contributed by atoms with van der Waals surface area (Å²) in [4.78, 5) is 4.41. The molecule has 2 aromatic rings. The van der Waals surface area contributed by atoms with Crippen molar-refractivity contribution in [1.82, 2.24) is 4.98 Å². The number of nitrogens with zero attached hydrogens (tertiary/aromatic N) is 1. The molecule has 2 nitrogen and oxygen atoms in total. The summed E-state index contributed by atoms with van der Waals surface area (Å²) in [6.45, 7) is 3.89. The molecule has 0 amide bonds. The largest absolute Gasteiger partial charge is 0.324 e. The molecule has 2 rings (SSSR count). The van der Waals surface area contributed by atoms with Gasteiger partial charge in [-0.05, 0) is 37.6 Å². The second-order valence-electron chi connectivity index (χ2n) is 3.81. The molecule has 0 aliphatic rings. The average molecular weight is 221 g/mol. The summed E-state index contributed by atoms with van der Waals surface area (Å²) in [6.07, 6.45) is 0. The normalized spacial score (nSPS) is 13.1. The summed E-state index contributed by atoms with van der Waals surface area (Å²) in [6, 6.07) is 7.86. The van der Waals surface area contributed by atoms with Crippen LogP contribution in [0.2, 0.25) is 5.02 Å². The molecule has 1 heterocycles. The van der Waals surface area contributed by atoms with Crippen LogP contribution in [0, 0.1) is 6.92 Å². The molecule has 3 heteroatoms. The molecule has 0 spiro atoms. The number of aromatic nitrogens is 1. The zero-order chi connectivity index (χ0) is 11.0. The average Bonchev–Trinajstić information content (AvgIpc) is 2.16. The van der Waals surface area contributed by atoms with E-state index in [2.05, 4.69) is 4.98 Å². The van der Waals surface area contributed by atoms with Crippen LogP contribution in [-0.4, -0.2) is 4.98 Å². The molecule has 1 atom stereocenters. The maximum atomic E-state index is 6.16. The van der Waals surface area contributed by atoms with Crippen LogP contribution < -0.4 is 5.73 Å². The fourth-order valence-corrected chi connectivity index (χ4v) is 1.92. The van der Waals surface area contributed by atoms with E-state index in [4.69, 9.17) is 17.3 Å². The highest BCUT2D eigenvalue weighted by Gasteiger charge is 2.05. The van der Waals surface area contributed by atoms with Gasteiger partial charge in [-0.2, -0.15) is 0 Å². The van der Waals surface area contributed by atoms with Gasteiger partial charge in [0.15, 0.2) is 0 Å². The molecule has 15 heavy (non-hydrogen) atoms. The van der Waals surface area contributed by atoms with Gasteiger partial charge in [-0.15, -0.1) is 0 Å². The van der Waals surface area contributed by atoms with Gasteiger partial charge >= 0.3 is 0 Å². The maximum Gasteiger partial charge on any atom is 0.0720 e. The smallest absolute Gasteiger partial charge is 0.0720 e. The molecule has 0 aliphatic carbocycles. The number of benzene rings is 1. The molecule has 2 N–H and O–H groups in total. The number of halogens is 1. The van der Waals surface area contributed by atoms with E-state index in [1.165, 1.54) is 0 Å². The summed E-state index contributed by atoms with van der Waals surface area (Å²) in [7, 11) is 0.